The van der Waals surface area contributed by atoms with Crippen LogP contribution in [0.2, 0.25) is 0 Å². The Hall–Kier alpha value is -3.08. The van der Waals surface area contributed by atoms with Gasteiger partial charge in [-0.1, -0.05) is 12.1 Å². The number of piperazine rings is 1. The van der Waals surface area contributed by atoms with Crippen LogP contribution in [0.1, 0.15) is 17.5 Å². The molecule has 0 atom stereocenters. The number of anilines is 1. The summed E-state index contributed by atoms with van der Waals surface area (Å²) >= 11 is 0. The molecule has 0 saturated carbocycles. The van der Waals surface area contributed by atoms with Crippen molar-refractivity contribution in [1.29, 1.82) is 5.26 Å². The highest BCUT2D eigenvalue weighted by Crippen LogP contribution is 2.18. The van der Waals surface area contributed by atoms with E-state index in [1.54, 1.807) is 7.11 Å². The summed E-state index contributed by atoms with van der Waals surface area (Å²) in [6.45, 7) is 8.49. The van der Waals surface area contributed by atoms with E-state index < -0.39 is 0 Å². The van der Waals surface area contributed by atoms with Gasteiger partial charge in [0.15, 0.2) is 0 Å². The first-order chi connectivity index (χ1) is 16.1. The van der Waals surface area contributed by atoms with Gasteiger partial charge in [-0.15, -0.1) is 0 Å². The van der Waals surface area contributed by atoms with Crippen LogP contribution >= 0.6 is 0 Å². The highest BCUT2D eigenvalue weighted by atomic mass is 16.5. The summed E-state index contributed by atoms with van der Waals surface area (Å²) in [5, 5.41) is 9.00. The summed E-state index contributed by atoms with van der Waals surface area (Å²) in [5.41, 5.74) is 3.10. The molecule has 2 aliphatic heterocycles. The first-order valence-electron chi connectivity index (χ1n) is 11.7. The number of hydrogen-bond donors (Lipinski definition) is 0. The number of benzene rings is 2. The van der Waals surface area contributed by atoms with E-state index in [9.17, 15) is 4.79 Å². The third-order valence-electron chi connectivity index (χ3n) is 6.60. The van der Waals surface area contributed by atoms with Crippen molar-refractivity contribution in [2.24, 2.45) is 0 Å². The first-order valence-corrected chi connectivity index (χ1v) is 11.7. The van der Waals surface area contributed by atoms with Crippen molar-refractivity contribution < 1.29 is 9.53 Å². The fourth-order valence-electron chi connectivity index (χ4n) is 4.57. The smallest absolute Gasteiger partial charge is 0.236 e. The van der Waals surface area contributed by atoms with E-state index in [1.807, 2.05) is 41.3 Å². The van der Waals surface area contributed by atoms with Crippen LogP contribution in [0.4, 0.5) is 5.69 Å². The number of nitriles is 1. The number of methoxy groups -OCH3 is 1. The van der Waals surface area contributed by atoms with Crippen LogP contribution in [0.15, 0.2) is 48.5 Å². The summed E-state index contributed by atoms with van der Waals surface area (Å²) in [6, 6.07) is 18.2. The van der Waals surface area contributed by atoms with Gasteiger partial charge in [0.05, 0.1) is 25.3 Å². The van der Waals surface area contributed by atoms with E-state index in [0.717, 1.165) is 76.8 Å². The van der Waals surface area contributed by atoms with E-state index in [0.29, 0.717) is 12.1 Å². The zero-order valence-corrected chi connectivity index (χ0v) is 19.4. The summed E-state index contributed by atoms with van der Waals surface area (Å²) in [5.74, 6) is 1.12. The Morgan fingerprint density at radius 1 is 0.879 bits per heavy atom. The van der Waals surface area contributed by atoms with Crippen LogP contribution in [0.3, 0.4) is 0 Å². The Labute approximate surface area is 196 Å². The lowest BCUT2D eigenvalue weighted by molar-refractivity contribution is -0.134. The molecule has 1 amide bonds. The molecule has 2 heterocycles. The van der Waals surface area contributed by atoms with Crippen LogP contribution in [0.25, 0.3) is 0 Å². The van der Waals surface area contributed by atoms with E-state index in [1.165, 1.54) is 5.56 Å². The number of hydrogen-bond acceptors (Lipinski definition) is 6. The fourth-order valence-corrected chi connectivity index (χ4v) is 4.57. The van der Waals surface area contributed by atoms with Gasteiger partial charge in [0.1, 0.15) is 5.75 Å². The van der Waals surface area contributed by atoms with Crippen molar-refractivity contribution in [3.8, 4) is 11.8 Å². The van der Waals surface area contributed by atoms with Gasteiger partial charge in [0, 0.05) is 64.6 Å². The van der Waals surface area contributed by atoms with Gasteiger partial charge in [0.2, 0.25) is 5.91 Å². The standard InChI is InChI=1S/C26H33N5O2/c1-33-25-9-5-23(6-10-25)20-29-14-17-31(18-15-29)26(32)21-28-11-2-12-30(16-13-28)24-7-3-22(19-27)4-8-24/h3-10H,2,11-18,20-21H2,1H3. The average Bonchev–Trinajstić information content (AvgIpc) is 3.10. The van der Waals surface area contributed by atoms with E-state index >= 15 is 0 Å². The Morgan fingerprint density at radius 2 is 1.58 bits per heavy atom. The number of carbonyl (C=O) groups is 1. The van der Waals surface area contributed by atoms with Crippen LogP contribution in [-0.4, -0.2) is 86.6 Å². The Kier molecular flexibility index (Phi) is 7.82. The van der Waals surface area contributed by atoms with Crippen LogP contribution in [0.5, 0.6) is 5.75 Å². The molecule has 2 saturated heterocycles. The Bertz CT molecular complexity index is 946. The van der Waals surface area contributed by atoms with Gasteiger partial charge < -0.3 is 14.5 Å². The van der Waals surface area contributed by atoms with Crippen molar-refractivity contribution in [2.45, 2.75) is 13.0 Å². The van der Waals surface area contributed by atoms with Crippen LogP contribution < -0.4 is 9.64 Å². The molecule has 0 bridgehead atoms. The van der Waals surface area contributed by atoms with Gasteiger partial charge in [-0.05, 0) is 48.4 Å². The second-order valence-corrected chi connectivity index (χ2v) is 8.78. The summed E-state index contributed by atoms with van der Waals surface area (Å²) in [4.78, 5) is 22.0. The minimum atomic E-state index is 0.242. The minimum Gasteiger partial charge on any atom is -0.497 e. The normalized spacial score (nSPS) is 17.9. The van der Waals surface area contributed by atoms with Crippen molar-refractivity contribution in [3.63, 3.8) is 0 Å². The lowest BCUT2D eigenvalue weighted by Gasteiger charge is -2.35. The van der Waals surface area contributed by atoms with Crippen molar-refractivity contribution >= 4 is 11.6 Å². The molecule has 7 heteroatoms. The number of amides is 1. The second-order valence-electron chi connectivity index (χ2n) is 8.78. The second kappa shape index (κ2) is 11.2. The van der Waals surface area contributed by atoms with E-state index in [4.69, 9.17) is 10.00 Å². The van der Waals surface area contributed by atoms with Crippen LogP contribution in [0, 0.1) is 11.3 Å². The molecule has 174 valence electrons. The maximum Gasteiger partial charge on any atom is 0.236 e. The Balaban J connectivity index is 1.21. The molecule has 2 aromatic carbocycles. The van der Waals surface area contributed by atoms with Crippen molar-refractivity contribution in [3.05, 3.63) is 59.7 Å². The summed E-state index contributed by atoms with van der Waals surface area (Å²) in [6.07, 6.45) is 1.03. The average molecular weight is 448 g/mol. The molecule has 33 heavy (non-hydrogen) atoms. The molecule has 0 unspecified atom stereocenters. The molecule has 0 radical (unpaired) electrons. The van der Waals surface area contributed by atoms with Crippen molar-refractivity contribution in [2.75, 3.05) is 70.9 Å². The number of ether oxygens (including phenoxy) is 1. The molecule has 0 N–H and O–H groups in total. The minimum absolute atomic E-state index is 0.242. The molecule has 2 aromatic rings. The number of carbonyl (C=O) groups excluding carboxylic acids is 1. The molecule has 7 nitrogen and oxygen atoms in total. The maximum atomic E-state index is 12.9. The van der Waals surface area contributed by atoms with Gasteiger partial charge in [-0.3, -0.25) is 14.6 Å². The summed E-state index contributed by atoms with van der Waals surface area (Å²) in [7, 11) is 1.68. The third-order valence-corrected chi connectivity index (χ3v) is 6.60. The zero-order chi connectivity index (χ0) is 23.0. The number of rotatable bonds is 6. The lowest BCUT2D eigenvalue weighted by Crippen LogP contribution is -2.51. The fraction of sp³-hybridized carbons (Fsp3) is 0.462. The molecule has 0 aromatic heterocycles. The van der Waals surface area contributed by atoms with Gasteiger partial charge in [-0.2, -0.15) is 5.26 Å². The quantitative estimate of drug-likeness (QED) is 0.678. The number of nitrogens with zero attached hydrogens (tertiary/aromatic N) is 5. The third kappa shape index (κ3) is 6.25. The SMILES string of the molecule is COc1ccc(CN2CCN(C(=O)CN3CCCN(c4ccc(C#N)cc4)CC3)CC2)cc1. The largest absolute Gasteiger partial charge is 0.497 e. The van der Waals surface area contributed by atoms with Crippen LogP contribution in [-0.2, 0) is 11.3 Å². The maximum absolute atomic E-state index is 12.9. The summed E-state index contributed by atoms with van der Waals surface area (Å²) < 4.78 is 5.23. The van der Waals surface area contributed by atoms with E-state index in [2.05, 4.69) is 32.9 Å². The molecular formula is C26H33N5O2. The van der Waals surface area contributed by atoms with Gasteiger partial charge >= 0.3 is 0 Å². The predicted molar refractivity (Wildman–Crippen MR) is 129 cm³/mol. The molecule has 0 aliphatic carbocycles. The lowest BCUT2D eigenvalue weighted by atomic mass is 10.2. The monoisotopic (exact) mass is 447 g/mol. The molecule has 4 rings (SSSR count). The highest BCUT2D eigenvalue weighted by Gasteiger charge is 2.24. The highest BCUT2D eigenvalue weighted by molar-refractivity contribution is 5.78. The predicted octanol–water partition coefficient (Wildman–Crippen LogP) is 2.42. The molecule has 0 spiro atoms. The zero-order valence-electron chi connectivity index (χ0n) is 19.4. The van der Waals surface area contributed by atoms with Gasteiger partial charge in [-0.25, -0.2) is 0 Å². The molecule has 2 aliphatic rings. The first kappa shape index (κ1) is 23.1. The molecular weight excluding hydrogens is 414 g/mol. The Morgan fingerprint density at radius 3 is 2.24 bits per heavy atom. The van der Waals surface area contributed by atoms with Gasteiger partial charge in [0.25, 0.3) is 0 Å². The van der Waals surface area contributed by atoms with Crippen molar-refractivity contribution in [1.82, 2.24) is 14.7 Å². The topological polar surface area (TPSA) is 63.1 Å². The van der Waals surface area contributed by atoms with E-state index in [-0.39, 0.29) is 5.91 Å². The molecule has 2 fully saturated rings.